The Hall–Kier alpha value is -2.86. The maximum absolute atomic E-state index is 12.5. The molecule has 0 aromatic heterocycles. The van der Waals surface area contributed by atoms with E-state index < -0.39 is 12.0 Å². The molecule has 0 aliphatic carbocycles. The van der Waals surface area contributed by atoms with Crippen LogP contribution >= 0.6 is 34.8 Å². The lowest BCUT2D eigenvalue weighted by Gasteiger charge is -2.30. The van der Waals surface area contributed by atoms with Crippen molar-refractivity contribution in [1.29, 1.82) is 0 Å². The normalized spacial score (nSPS) is 15.2. The second kappa shape index (κ2) is 11.5. The first-order chi connectivity index (χ1) is 16.2. The van der Waals surface area contributed by atoms with Crippen LogP contribution in [0.4, 0.5) is 5.69 Å². The van der Waals surface area contributed by atoms with Crippen molar-refractivity contribution >= 4 is 57.5 Å². The smallest absolute Gasteiger partial charge is 0.337 e. The highest BCUT2D eigenvalue weighted by Gasteiger charge is 2.32. The van der Waals surface area contributed by atoms with Gasteiger partial charge in [0, 0.05) is 11.4 Å². The van der Waals surface area contributed by atoms with Gasteiger partial charge in [0.1, 0.15) is 0 Å². The number of ether oxygens (including phenoxy) is 3. The third-order valence-electron chi connectivity index (χ3n) is 5.02. The first-order valence-electron chi connectivity index (χ1n) is 10.6. The Labute approximate surface area is 217 Å². The molecular weight excluding hydrogens is 569 g/mol. The number of hydrogen-bond acceptors (Lipinski definition) is 6. The fraction of sp³-hybridized carbons (Fsp3) is 0.292. The maximum atomic E-state index is 12.5. The van der Waals surface area contributed by atoms with Crippen molar-refractivity contribution in [3.05, 3.63) is 62.4 Å². The largest absolute Gasteiger partial charge is 0.490 e. The van der Waals surface area contributed by atoms with Crippen LogP contribution in [0.2, 0.25) is 0 Å². The van der Waals surface area contributed by atoms with E-state index in [2.05, 4.69) is 38.5 Å². The number of hydrogen-bond donors (Lipinski definition) is 3. The van der Waals surface area contributed by atoms with Crippen LogP contribution in [0.3, 0.4) is 0 Å². The summed E-state index contributed by atoms with van der Waals surface area (Å²) in [4.78, 5) is 24.9. The Kier molecular flexibility index (Phi) is 8.72. The highest BCUT2D eigenvalue weighted by molar-refractivity contribution is 14.1. The fourth-order valence-electron chi connectivity index (χ4n) is 3.45. The molecule has 0 saturated heterocycles. The van der Waals surface area contributed by atoms with Gasteiger partial charge in [0.2, 0.25) is 0 Å². The van der Waals surface area contributed by atoms with E-state index in [1.807, 2.05) is 44.2 Å². The summed E-state index contributed by atoms with van der Waals surface area (Å²) in [6.07, 6.45) is 0. The number of methoxy groups -OCH3 is 1. The minimum Gasteiger partial charge on any atom is -0.490 e. The van der Waals surface area contributed by atoms with Gasteiger partial charge in [-0.3, -0.25) is 4.79 Å². The van der Waals surface area contributed by atoms with Gasteiger partial charge in [0.25, 0.3) is 5.91 Å². The van der Waals surface area contributed by atoms with E-state index in [9.17, 15) is 9.59 Å². The van der Waals surface area contributed by atoms with Gasteiger partial charge in [0.05, 0.1) is 28.9 Å². The van der Waals surface area contributed by atoms with E-state index in [1.165, 1.54) is 7.11 Å². The summed E-state index contributed by atoms with van der Waals surface area (Å²) >= 11 is 7.42. The summed E-state index contributed by atoms with van der Waals surface area (Å²) in [6, 6.07) is 10.6. The van der Waals surface area contributed by atoms with Crippen molar-refractivity contribution in [1.82, 2.24) is 10.6 Å². The predicted octanol–water partition coefficient (Wildman–Crippen LogP) is 3.98. The van der Waals surface area contributed by atoms with Gasteiger partial charge in [0.15, 0.2) is 23.2 Å². The van der Waals surface area contributed by atoms with E-state index >= 15 is 0 Å². The first kappa shape index (κ1) is 25.8. The zero-order chi connectivity index (χ0) is 24.8. The number of amides is 1. The topological polar surface area (TPSA) is 97.9 Å². The molecule has 1 aliphatic heterocycles. The molecule has 10 heteroatoms. The van der Waals surface area contributed by atoms with E-state index in [4.69, 9.17) is 26.4 Å². The van der Waals surface area contributed by atoms with Crippen molar-refractivity contribution in [2.75, 3.05) is 25.6 Å². The fourth-order valence-corrected chi connectivity index (χ4v) is 4.51. The lowest BCUT2D eigenvalue weighted by atomic mass is 9.95. The minimum atomic E-state index is -0.534. The molecule has 34 heavy (non-hydrogen) atoms. The van der Waals surface area contributed by atoms with Gasteiger partial charge in [-0.1, -0.05) is 17.7 Å². The molecule has 0 unspecified atom stereocenters. The van der Waals surface area contributed by atoms with Gasteiger partial charge in [-0.05, 0) is 85.4 Å². The number of nitrogens with one attached hydrogen (secondary N) is 3. The molecule has 8 nitrogen and oxygen atoms in total. The van der Waals surface area contributed by atoms with E-state index in [-0.39, 0.29) is 12.5 Å². The molecule has 1 heterocycles. The zero-order valence-electron chi connectivity index (χ0n) is 19.3. The maximum Gasteiger partial charge on any atom is 0.337 e. The lowest BCUT2D eigenvalue weighted by Crippen LogP contribution is -2.45. The molecule has 0 saturated carbocycles. The molecule has 1 atom stereocenters. The number of esters is 1. The monoisotopic (exact) mass is 595 g/mol. The second-order valence-electron chi connectivity index (χ2n) is 7.53. The summed E-state index contributed by atoms with van der Waals surface area (Å²) in [5, 5.41) is 9.30. The number of carbonyl (C=O) groups excluding carboxylic acids is 2. The Morgan fingerprint density at radius 3 is 2.50 bits per heavy atom. The highest BCUT2D eigenvalue weighted by atomic mass is 127. The molecule has 2 aromatic carbocycles. The van der Waals surface area contributed by atoms with Crippen LogP contribution in [0.1, 0.15) is 31.0 Å². The summed E-state index contributed by atoms with van der Waals surface area (Å²) in [7, 11) is 1.33. The third kappa shape index (κ3) is 6.17. The predicted molar refractivity (Wildman–Crippen MR) is 142 cm³/mol. The third-order valence-corrected chi connectivity index (χ3v) is 6.04. The van der Waals surface area contributed by atoms with Crippen LogP contribution in [-0.2, 0) is 14.3 Å². The molecule has 0 radical (unpaired) electrons. The zero-order valence-corrected chi connectivity index (χ0v) is 22.3. The Morgan fingerprint density at radius 2 is 1.85 bits per heavy atom. The van der Waals surface area contributed by atoms with Crippen molar-refractivity contribution < 1.29 is 23.8 Å². The van der Waals surface area contributed by atoms with Crippen LogP contribution in [0.25, 0.3) is 0 Å². The van der Waals surface area contributed by atoms with Gasteiger partial charge in [-0.25, -0.2) is 4.79 Å². The van der Waals surface area contributed by atoms with Gasteiger partial charge < -0.3 is 30.2 Å². The molecule has 1 amide bonds. The van der Waals surface area contributed by atoms with Crippen LogP contribution in [-0.4, -0.2) is 37.3 Å². The molecular formula is C24H26IN3O5S. The van der Waals surface area contributed by atoms with Gasteiger partial charge >= 0.3 is 5.97 Å². The standard InChI is InChI=1S/C24H26IN3O5S/c1-5-32-18-11-15(21-20(23(30)31-4)14(3)26-24(34)28-21)10-17(25)22(18)33-12-19(29)27-16-8-6-13(2)7-9-16/h6-11,21H,5,12H2,1-4H3,(H,27,29)(H2,26,28,34)/t21-/m0/s1. The molecule has 0 fully saturated rings. The Bertz CT molecular complexity index is 1130. The number of halogens is 1. The summed E-state index contributed by atoms with van der Waals surface area (Å²) in [6.45, 7) is 5.81. The highest BCUT2D eigenvalue weighted by Crippen LogP contribution is 2.38. The van der Waals surface area contributed by atoms with Gasteiger partial charge in [-0.15, -0.1) is 0 Å². The van der Waals surface area contributed by atoms with Gasteiger partial charge in [-0.2, -0.15) is 0 Å². The average molecular weight is 595 g/mol. The van der Waals surface area contributed by atoms with Crippen molar-refractivity contribution in [2.24, 2.45) is 0 Å². The molecule has 180 valence electrons. The lowest BCUT2D eigenvalue weighted by molar-refractivity contribution is -0.136. The quantitative estimate of drug-likeness (QED) is 0.240. The molecule has 3 rings (SSSR count). The van der Waals surface area contributed by atoms with Crippen LogP contribution in [0.5, 0.6) is 11.5 Å². The number of anilines is 1. The molecule has 0 bridgehead atoms. The van der Waals surface area contributed by atoms with Crippen LogP contribution < -0.4 is 25.4 Å². The number of rotatable bonds is 8. The molecule has 2 aromatic rings. The summed E-state index contributed by atoms with van der Waals surface area (Å²) < 4.78 is 17.4. The van der Waals surface area contributed by atoms with E-state index in [1.54, 1.807) is 13.0 Å². The minimum absolute atomic E-state index is 0.189. The number of benzene rings is 2. The first-order valence-corrected chi connectivity index (χ1v) is 12.0. The second-order valence-corrected chi connectivity index (χ2v) is 9.10. The van der Waals surface area contributed by atoms with E-state index in [0.29, 0.717) is 40.2 Å². The average Bonchev–Trinajstić information content (AvgIpc) is 2.79. The van der Waals surface area contributed by atoms with Crippen molar-refractivity contribution in [3.8, 4) is 11.5 Å². The summed E-state index contributed by atoms with van der Waals surface area (Å²) in [5.74, 6) is 0.150. The number of carbonyl (C=O) groups is 2. The number of thiocarbonyl (C=S) groups is 1. The van der Waals surface area contributed by atoms with Crippen molar-refractivity contribution in [3.63, 3.8) is 0 Å². The Morgan fingerprint density at radius 1 is 1.15 bits per heavy atom. The van der Waals surface area contributed by atoms with Crippen LogP contribution in [0, 0.1) is 10.5 Å². The van der Waals surface area contributed by atoms with Crippen molar-refractivity contribution in [2.45, 2.75) is 26.8 Å². The van der Waals surface area contributed by atoms with E-state index in [0.717, 1.165) is 14.7 Å². The SMILES string of the molecule is CCOc1cc([C@@H]2NC(=S)NC(C)=C2C(=O)OC)cc(I)c1OCC(=O)Nc1ccc(C)cc1. The Balaban J connectivity index is 1.85. The number of aryl methyl sites for hydroxylation is 1. The molecule has 0 spiro atoms. The molecule has 3 N–H and O–H groups in total. The molecule has 1 aliphatic rings. The summed E-state index contributed by atoms with van der Waals surface area (Å²) in [5.41, 5.74) is 3.57. The number of allylic oxidation sites excluding steroid dienone is 1. The van der Waals surface area contributed by atoms with Crippen LogP contribution in [0.15, 0.2) is 47.7 Å².